The van der Waals surface area contributed by atoms with Crippen LogP contribution in [0.15, 0.2) is 42.5 Å². The molecule has 1 N–H and O–H groups in total. The number of nitrogens with one attached hydrogen (secondary N) is 1. The number of hydrogen-bond acceptors (Lipinski definition) is 6. The van der Waals surface area contributed by atoms with Crippen LogP contribution in [0, 0.1) is 0 Å². The van der Waals surface area contributed by atoms with E-state index in [1.165, 1.54) is 0 Å². The van der Waals surface area contributed by atoms with E-state index in [4.69, 9.17) is 21.1 Å². The third-order valence-corrected chi connectivity index (χ3v) is 6.66. The normalized spacial score (nSPS) is 22.1. The lowest BCUT2D eigenvalue weighted by molar-refractivity contribution is -0.139. The van der Waals surface area contributed by atoms with Gasteiger partial charge in [0, 0.05) is 26.2 Å². The highest BCUT2D eigenvalue weighted by Crippen LogP contribution is 2.38. The van der Waals surface area contributed by atoms with Gasteiger partial charge in [-0.05, 0) is 36.8 Å². The molecule has 0 aliphatic carbocycles. The Morgan fingerprint density at radius 2 is 1.79 bits per heavy atom. The smallest absolute Gasteiger partial charge is 0.325 e. The molecule has 3 aliphatic rings. The number of fused-ring (bicyclic) bond motifs is 1. The Hall–Kier alpha value is -3.46. The molecule has 0 saturated carbocycles. The molecule has 33 heavy (non-hydrogen) atoms. The molecule has 9 nitrogen and oxygen atoms in total. The zero-order chi connectivity index (χ0) is 23.2. The summed E-state index contributed by atoms with van der Waals surface area (Å²) in [7, 11) is 0. The molecule has 0 spiro atoms. The summed E-state index contributed by atoms with van der Waals surface area (Å²) in [6, 6.07) is 12.1. The van der Waals surface area contributed by atoms with Crippen LogP contribution in [-0.4, -0.2) is 67.2 Å². The molecule has 3 heterocycles. The van der Waals surface area contributed by atoms with Gasteiger partial charge in [-0.2, -0.15) is 0 Å². The number of halogens is 1. The van der Waals surface area contributed by atoms with Gasteiger partial charge in [0.2, 0.25) is 12.7 Å². The molecule has 0 bridgehead atoms. The summed E-state index contributed by atoms with van der Waals surface area (Å²) < 4.78 is 10.7. The fourth-order valence-corrected chi connectivity index (χ4v) is 4.64. The second kappa shape index (κ2) is 8.15. The number of amides is 4. The van der Waals surface area contributed by atoms with Gasteiger partial charge in [0.05, 0.1) is 10.7 Å². The van der Waals surface area contributed by atoms with Crippen molar-refractivity contribution in [2.45, 2.75) is 12.5 Å². The highest BCUT2D eigenvalue weighted by molar-refractivity contribution is 6.33. The van der Waals surface area contributed by atoms with E-state index in [0.717, 1.165) is 10.6 Å². The van der Waals surface area contributed by atoms with E-state index in [1.807, 2.05) is 24.3 Å². The minimum atomic E-state index is -1.29. The Kier molecular flexibility index (Phi) is 5.28. The van der Waals surface area contributed by atoms with Crippen LogP contribution < -0.4 is 19.7 Å². The molecular weight excluding hydrogens is 448 g/mol. The van der Waals surface area contributed by atoms with Gasteiger partial charge in [0.15, 0.2) is 11.5 Å². The molecule has 4 amide bonds. The van der Waals surface area contributed by atoms with Crippen molar-refractivity contribution in [1.29, 1.82) is 0 Å². The second-order valence-electron chi connectivity index (χ2n) is 8.33. The predicted molar refractivity (Wildman–Crippen MR) is 120 cm³/mol. The molecule has 0 aromatic heterocycles. The van der Waals surface area contributed by atoms with Gasteiger partial charge < -0.3 is 24.6 Å². The maximum atomic E-state index is 13.2. The molecule has 2 saturated heterocycles. The molecule has 2 aromatic rings. The summed E-state index contributed by atoms with van der Waals surface area (Å²) in [6.45, 7) is 3.62. The van der Waals surface area contributed by atoms with Gasteiger partial charge in [-0.15, -0.1) is 0 Å². The monoisotopic (exact) mass is 470 g/mol. The van der Waals surface area contributed by atoms with Crippen LogP contribution >= 0.6 is 11.6 Å². The van der Waals surface area contributed by atoms with Crippen molar-refractivity contribution >= 4 is 35.1 Å². The van der Waals surface area contributed by atoms with Gasteiger partial charge in [0.25, 0.3) is 5.91 Å². The van der Waals surface area contributed by atoms with Crippen LogP contribution in [0.1, 0.15) is 12.5 Å². The van der Waals surface area contributed by atoms with E-state index in [9.17, 15) is 14.4 Å². The van der Waals surface area contributed by atoms with Crippen molar-refractivity contribution in [2.24, 2.45) is 0 Å². The number of carbonyl (C=O) groups is 3. The standard InChI is InChI=1S/C23H23ClN4O5/c1-23(15-6-7-18-19(12-15)33-14-32-18)21(30)28(22(31)25-23)13-20(29)27-10-8-26(9-11-27)17-5-3-2-4-16(17)24/h2-7,12H,8-11,13-14H2,1H3,(H,25,31)/t23-/m1/s1. The van der Waals surface area contributed by atoms with Crippen molar-refractivity contribution in [2.75, 3.05) is 44.4 Å². The number of piperazine rings is 1. The molecule has 172 valence electrons. The van der Waals surface area contributed by atoms with Gasteiger partial charge >= 0.3 is 6.03 Å². The summed E-state index contributed by atoms with van der Waals surface area (Å²) in [5.41, 5.74) is 0.203. The van der Waals surface area contributed by atoms with E-state index < -0.39 is 17.5 Å². The third-order valence-electron chi connectivity index (χ3n) is 6.34. The molecule has 0 radical (unpaired) electrons. The van der Waals surface area contributed by atoms with Crippen LogP contribution in [0.3, 0.4) is 0 Å². The molecule has 2 aromatic carbocycles. The van der Waals surface area contributed by atoms with Crippen LogP contribution in [0.25, 0.3) is 0 Å². The molecule has 2 fully saturated rings. The van der Waals surface area contributed by atoms with E-state index in [1.54, 1.807) is 30.0 Å². The second-order valence-corrected chi connectivity index (χ2v) is 8.74. The van der Waals surface area contributed by atoms with E-state index >= 15 is 0 Å². The summed E-state index contributed by atoms with van der Waals surface area (Å²) >= 11 is 6.28. The Balaban J connectivity index is 1.24. The number of nitrogens with zero attached hydrogens (tertiary/aromatic N) is 3. The number of imide groups is 1. The minimum Gasteiger partial charge on any atom is -0.454 e. The fraction of sp³-hybridized carbons (Fsp3) is 0.348. The molecule has 10 heteroatoms. The van der Waals surface area contributed by atoms with Crippen molar-refractivity contribution in [3.05, 3.63) is 53.1 Å². The number of benzene rings is 2. The number of hydrogen-bond donors (Lipinski definition) is 1. The third kappa shape index (κ3) is 3.72. The topological polar surface area (TPSA) is 91.4 Å². The number of rotatable bonds is 4. The van der Waals surface area contributed by atoms with E-state index in [2.05, 4.69) is 10.2 Å². The Bertz CT molecular complexity index is 1130. The Labute approximate surface area is 195 Å². The van der Waals surface area contributed by atoms with Crippen LogP contribution in [-0.2, 0) is 15.1 Å². The van der Waals surface area contributed by atoms with E-state index in [-0.39, 0.29) is 19.2 Å². The highest BCUT2D eigenvalue weighted by Gasteiger charge is 2.50. The summed E-state index contributed by atoms with van der Waals surface area (Å²) in [5.74, 6) is 0.352. The van der Waals surface area contributed by atoms with Crippen molar-refractivity contribution in [3.63, 3.8) is 0 Å². The molecule has 3 aliphatic heterocycles. The maximum absolute atomic E-state index is 13.2. The lowest BCUT2D eigenvalue weighted by Crippen LogP contribution is -2.52. The average molecular weight is 471 g/mol. The van der Waals surface area contributed by atoms with Crippen LogP contribution in [0.4, 0.5) is 10.5 Å². The highest BCUT2D eigenvalue weighted by atomic mass is 35.5. The number of anilines is 1. The molecule has 5 rings (SSSR count). The zero-order valence-corrected chi connectivity index (χ0v) is 18.8. The van der Waals surface area contributed by atoms with Crippen molar-refractivity contribution < 1.29 is 23.9 Å². The fourth-order valence-electron chi connectivity index (χ4n) is 4.38. The zero-order valence-electron chi connectivity index (χ0n) is 18.0. The average Bonchev–Trinajstić information content (AvgIpc) is 3.38. The first-order valence-electron chi connectivity index (χ1n) is 10.7. The lowest BCUT2D eigenvalue weighted by Gasteiger charge is -2.36. The first-order valence-corrected chi connectivity index (χ1v) is 11.1. The van der Waals surface area contributed by atoms with Crippen molar-refractivity contribution in [3.8, 4) is 11.5 Å². The largest absolute Gasteiger partial charge is 0.454 e. The number of ether oxygens (including phenoxy) is 2. The van der Waals surface area contributed by atoms with Crippen LogP contribution in [0.5, 0.6) is 11.5 Å². The molecule has 1 atom stereocenters. The summed E-state index contributed by atoms with van der Waals surface area (Å²) in [5, 5.41) is 3.39. The summed E-state index contributed by atoms with van der Waals surface area (Å²) in [6.07, 6.45) is 0. The Morgan fingerprint density at radius 1 is 1.06 bits per heavy atom. The maximum Gasteiger partial charge on any atom is 0.325 e. The predicted octanol–water partition coefficient (Wildman–Crippen LogP) is 2.18. The van der Waals surface area contributed by atoms with Gasteiger partial charge in [-0.25, -0.2) is 4.79 Å². The molecular formula is C23H23ClN4O5. The number of urea groups is 1. The number of carbonyl (C=O) groups excluding carboxylic acids is 3. The van der Waals surface area contributed by atoms with Gasteiger partial charge in [-0.3, -0.25) is 14.5 Å². The molecule has 0 unspecified atom stereocenters. The lowest BCUT2D eigenvalue weighted by atomic mass is 9.91. The van der Waals surface area contributed by atoms with Crippen LogP contribution in [0.2, 0.25) is 5.02 Å². The number of para-hydroxylation sites is 1. The summed E-state index contributed by atoms with van der Waals surface area (Å²) in [4.78, 5) is 43.6. The van der Waals surface area contributed by atoms with Crippen molar-refractivity contribution in [1.82, 2.24) is 15.1 Å². The van der Waals surface area contributed by atoms with E-state index in [0.29, 0.717) is 48.3 Å². The first kappa shape index (κ1) is 21.4. The minimum absolute atomic E-state index is 0.111. The first-order chi connectivity index (χ1) is 15.9. The SMILES string of the molecule is C[C@]1(c2ccc3c(c2)OCO3)NC(=O)N(CC(=O)N2CCN(c3ccccc3Cl)CC2)C1=O. The van der Waals surface area contributed by atoms with Gasteiger partial charge in [-0.1, -0.05) is 29.8 Å². The Morgan fingerprint density at radius 3 is 2.55 bits per heavy atom. The quantitative estimate of drug-likeness (QED) is 0.689. The van der Waals surface area contributed by atoms with Gasteiger partial charge in [0.1, 0.15) is 12.1 Å².